The zero-order valence-electron chi connectivity index (χ0n) is 11.3. The highest BCUT2D eigenvalue weighted by molar-refractivity contribution is 5.49. The van der Waals surface area contributed by atoms with E-state index in [1.807, 2.05) is 6.20 Å². The molecule has 1 atom stereocenters. The molecule has 2 aliphatic rings. The Labute approximate surface area is 110 Å². The number of hydrogen-bond donors (Lipinski definition) is 0. The van der Waals surface area contributed by atoms with Crippen molar-refractivity contribution in [2.24, 2.45) is 0 Å². The normalized spacial score (nSPS) is 24.9. The van der Waals surface area contributed by atoms with E-state index in [2.05, 4.69) is 33.8 Å². The first-order valence-corrected chi connectivity index (χ1v) is 7.34. The first-order valence-electron chi connectivity index (χ1n) is 7.34. The average molecular weight is 245 g/mol. The second kappa shape index (κ2) is 5.27. The van der Waals surface area contributed by atoms with Crippen molar-refractivity contribution < 1.29 is 0 Å². The molecular formula is C15H23N3. The Morgan fingerprint density at radius 1 is 1.22 bits per heavy atom. The van der Waals surface area contributed by atoms with Crippen LogP contribution in [0.3, 0.4) is 0 Å². The molecule has 18 heavy (non-hydrogen) atoms. The molecule has 1 unspecified atom stereocenters. The lowest BCUT2D eigenvalue weighted by atomic mass is 10.0. The van der Waals surface area contributed by atoms with E-state index in [9.17, 15) is 0 Å². The summed E-state index contributed by atoms with van der Waals surface area (Å²) in [6, 6.07) is 4.99. The van der Waals surface area contributed by atoms with Crippen LogP contribution in [0.1, 0.15) is 44.2 Å². The number of likely N-dealkylation sites (tertiary alicyclic amines) is 1. The molecule has 98 valence electrons. The van der Waals surface area contributed by atoms with Crippen LogP contribution in [-0.4, -0.2) is 36.1 Å². The summed E-state index contributed by atoms with van der Waals surface area (Å²) in [7, 11) is 0. The number of rotatable bonds is 3. The molecular weight excluding hydrogens is 222 g/mol. The van der Waals surface area contributed by atoms with Gasteiger partial charge < -0.3 is 4.90 Å². The lowest BCUT2D eigenvalue weighted by molar-refractivity contribution is 0.271. The van der Waals surface area contributed by atoms with E-state index in [-0.39, 0.29) is 0 Å². The third-order valence-corrected chi connectivity index (χ3v) is 4.35. The van der Waals surface area contributed by atoms with Crippen molar-refractivity contribution in [3.63, 3.8) is 0 Å². The van der Waals surface area contributed by atoms with Gasteiger partial charge in [0.2, 0.25) is 0 Å². The van der Waals surface area contributed by atoms with Gasteiger partial charge in [-0.2, -0.15) is 0 Å². The molecule has 0 spiro atoms. The molecule has 1 aromatic rings. The van der Waals surface area contributed by atoms with Crippen molar-refractivity contribution in [3.05, 3.63) is 23.9 Å². The lowest BCUT2D eigenvalue weighted by Gasteiger charge is -2.27. The van der Waals surface area contributed by atoms with Crippen LogP contribution in [0.2, 0.25) is 0 Å². The minimum Gasteiger partial charge on any atom is -0.356 e. The molecule has 1 aromatic heterocycles. The van der Waals surface area contributed by atoms with E-state index in [0.29, 0.717) is 6.04 Å². The first-order chi connectivity index (χ1) is 8.90. The highest BCUT2D eigenvalue weighted by Gasteiger charge is 2.28. The summed E-state index contributed by atoms with van der Waals surface area (Å²) in [5, 5.41) is 0. The van der Waals surface area contributed by atoms with Crippen LogP contribution in [0, 0.1) is 0 Å². The van der Waals surface area contributed by atoms with E-state index >= 15 is 0 Å². The number of pyridine rings is 1. The molecule has 2 saturated heterocycles. The van der Waals surface area contributed by atoms with E-state index in [1.54, 1.807) is 0 Å². The van der Waals surface area contributed by atoms with Crippen LogP contribution in [0.5, 0.6) is 0 Å². The summed E-state index contributed by atoms with van der Waals surface area (Å²) < 4.78 is 0. The fourth-order valence-corrected chi connectivity index (χ4v) is 3.42. The Morgan fingerprint density at radius 2 is 2.06 bits per heavy atom. The summed E-state index contributed by atoms with van der Waals surface area (Å²) in [4.78, 5) is 9.74. The van der Waals surface area contributed by atoms with Gasteiger partial charge >= 0.3 is 0 Å². The van der Waals surface area contributed by atoms with Gasteiger partial charge in [-0.25, -0.2) is 4.98 Å². The first kappa shape index (κ1) is 12.0. The van der Waals surface area contributed by atoms with Crippen molar-refractivity contribution >= 4 is 5.82 Å². The van der Waals surface area contributed by atoms with Crippen molar-refractivity contribution in [1.82, 2.24) is 9.88 Å². The summed E-state index contributed by atoms with van der Waals surface area (Å²) in [6.07, 6.45) is 7.20. The predicted octanol–water partition coefficient (Wildman–Crippen LogP) is 2.84. The zero-order chi connectivity index (χ0) is 12.4. The van der Waals surface area contributed by atoms with Crippen molar-refractivity contribution in [3.8, 4) is 0 Å². The molecule has 3 nitrogen and oxygen atoms in total. The molecule has 0 bridgehead atoms. The molecule has 3 heterocycles. The molecule has 0 amide bonds. The van der Waals surface area contributed by atoms with Gasteiger partial charge in [0.25, 0.3) is 0 Å². The Morgan fingerprint density at radius 3 is 2.83 bits per heavy atom. The van der Waals surface area contributed by atoms with Gasteiger partial charge in [-0.3, -0.25) is 4.90 Å². The smallest absolute Gasteiger partial charge is 0.133 e. The minimum absolute atomic E-state index is 0.597. The molecule has 2 fully saturated rings. The van der Waals surface area contributed by atoms with Crippen LogP contribution < -0.4 is 4.90 Å². The van der Waals surface area contributed by atoms with E-state index in [1.165, 1.54) is 56.7 Å². The minimum atomic E-state index is 0.597. The van der Waals surface area contributed by atoms with Gasteiger partial charge in [0, 0.05) is 30.9 Å². The van der Waals surface area contributed by atoms with Crippen LogP contribution >= 0.6 is 0 Å². The van der Waals surface area contributed by atoms with Crippen LogP contribution in [-0.2, 0) is 0 Å². The van der Waals surface area contributed by atoms with Gasteiger partial charge in [-0.15, -0.1) is 0 Å². The molecule has 0 aromatic carbocycles. The van der Waals surface area contributed by atoms with Gasteiger partial charge in [0.05, 0.1) is 0 Å². The molecule has 3 rings (SSSR count). The van der Waals surface area contributed by atoms with Crippen LogP contribution in [0.15, 0.2) is 18.3 Å². The second-order valence-electron chi connectivity index (χ2n) is 5.40. The third-order valence-electron chi connectivity index (χ3n) is 4.35. The maximum atomic E-state index is 4.67. The summed E-state index contributed by atoms with van der Waals surface area (Å²) in [5.41, 5.74) is 1.46. The van der Waals surface area contributed by atoms with Crippen LogP contribution in [0.4, 0.5) is 5.82 Å². The van der Waals surface area contributed by atoms with E-state index in [4.69, 9.17) is 0 Å². The molecule has 0 N–H and O–H groups in total. The Balaban J connectivity index is 1.90. The molecule has 3 heteroatoms. The average Bonchev–Trinajstić information content (AvgIpc) is 3.09. The molecule has 0 aliphatic carbocycles. The van der Waals surface area contributed by atoms with Crippen molar-refractivity contribution in [2.45, 2.75) is 38.6 Å². The quantitative estimate of drug-likeness (QED) is 0.816. The number of hydrogen-bond acceptors (Lipinski definition) is 3. The van der Waals surface area contributed by atoms with Crippen molar-refractivity contribution in [1.29, 1.82) is 0 Å². The maximum Gasteiger partial charge on any atom is 0.133 e. The Bertz CT molecular complexity index is 398. The second-order valence-corrected chi connectivity index (χ2v) is 5.40. The van der Waals surface area contributed by atoms with Gasteiger partial charge in [-0.05, 0) is 44.8 Å². The van der Waals surface area contributed by atoms with Crippen molar-refractivity contribution in [2.75, 3.05) is 31.1 Å². The van der Waals surface area contributed by atoms with E-state index in [0.717, 1.165) is 6.54 Å². The topological polar surface area (TPSA) is 19.4 Å². The molecule has 0 radical (unpaired) electrons. The maximum absolute atomic E-state index is 4.67. The van der Waals surface area contributed by atoms with Gasteiger partial charge in [0.1, 0.15) is 5.82 Å². The highest BCUT2D eigenvalue weighted by atomic mass is 15.2. The molecule has 2 aliphatic heterocycles. The van der Waals surface area contributed by atoms with E-state index < -0.39 is 0 Å². The summed E-state index contributed by atoms with van der Waals surface area (Å²) in [6.45, 7) is 7.03. The predicted molar refractivity (Wildman–Crippen MR) is 74.9 cm³/mol. The Hall–Kier alpha value is -1.09. The Kier molecular flexibility index (Phi) is 3.50. The van der Waals surface area contributed by atoms with Crippen LogP contribution in [0.25, 0.3) is 0 Å². The SMILES string of the molecule is CCN1CCCC1c1cccnc1N1CCCC1. The number of aromatic nitrogens is 1. The fraction of sp³-hybridized carbons (Fsp3) is 0.667. The zero-order valence-corrected chi connectivity index (χ0v) is 11.3. The monoisotopic (exact) mass is 245 g/mol. The largest absolute Gasteiger partial charge is 0.356 e. The summed E-state index contributed by atoms with van der Waals surface area (Å²) in [5.74, 6) is 1.25. The van der Waals surface area contributed by atoms with Gasteiger partial charge in [0.15, 0.2) is 0 Å². The summed E-state index contributed by atoms with van der Waals surface area (Å²) >= 11 is 0. The highest BCUT2D eigenvalue weighted by Crippen LogP contribution is 2.36. The lowest BCUT2D eigenvalue weighted by Crippen LogP contribution is -2.26. The standard InChI is InChI=1S/C15H23N3/c1-2-17-12-6-8-14(17)13-7-5-9-16-15(13)18-10-3-4-11-18/h5,7,9,14H,2-4,6,8,10-12H2,1H3. The third kappa shape index (κ3) is 2.12. The van der Waals surface area contributed by atoms with Gasteiger partial charge in [-0.1, -0.05) is 13.0 Å². The number of anilines is 1. The molecule has 0 saturated carbocycles. The number of nitrogens with zero attached hydrogens (tertiary/aromatic N) is 3. The fourth-order valence-electron chi connectivity index (χ4n) is 3.42.